The predicted molar refractivity (Wildman–Crippen MR) is 75.0 cm³/mol. The van der Waals surface area contributed by atoms with Crippen molar-refractivity contribution in [1.82, 2.24) is 0 Å². The van der Waals surface area contributed by atoms with E-state index in [2.05, 4.69) is 5.32 Å². The van der Waals surface area contributed by atoms with Crippen LogP contribution in [0.15, 0.2) is 42.5 Å². The summed E-state index contributed by atoms with van der Waals surface area (Å²) in [5.41, 5.74) is 2.58. The van der Waals surface area contributed by atoms with Crippen LogP contribution < -0.4 is 10.1 Å². The molecule has 3 rings (SSSR count). The highest BCUT2D eigenvalue weighted by molar-refractivity contribution is 6.12. The second kappa shape index (κ2) is 4.81. The first-order valence-electron chi connectivity index (χ1n) is 6.32. The summed E-state index contributed by atoms with van der Waals surface area (Å²) in [7, 11) is 0. The van der Waals surface area contributed by atoms with Gasteiger partial charge in [0.1, 0.15) is 12.4 Å². The lowest BCUT2D eigenvalue weighted by atomic mass is 9.99. The molecule has 2 aromatic carbocycles. The maximum absolute atomic E-state index is 12.6. The van der Waals surface area contributed by atoms with Gasteiger partial charge in [0.05, 0.1) is 5.56 Å². The zero-order valence-electron chi connectivity index (χ0n) is 11.0. The van der Waals surface area contributed by atoms with Gasteiger partial charge in [-0.15, -0.1) is 0 Å². The van der Waals surface area contributed by atoms with Crippen molar-refractivity contribution in [3.8, 4) is 5.75 Å². The molecule has 100 valence electrons. The quantitative estimate of drug-likeness (QED) is 0.864. The molecule has 1 N–H and O–H groups in total. The van der Waals surface area contributed by atoms with Gasteiger partial charge in [0.25, 0.3) is 0 Å². The molecule has 0 aliphatic carbocycles. The fourth-order valence-electron chi connectivity index (χ4n) is 2.28. The lowest BCUT2D eigenvalue weighted by molar-refractivity contribution is -0.114. The van der Waals surface area contributed by atoms with Gasteiger partial charge in [-0.1, -0.05) is 24.3 Å². The van der Waals surface area contributed by atoms with E-state index in [1.54, 1.807) is 24.3 Å². The molecule has 20 heavy (non-hydrogen) atoms. The van der Waals surface area contributed by atoms with Crippen molar-refractivity contribution < 1.29 is 14.3 Å². The minimum Gasteiger partial charge on any atom is -0.488 e. The maximum Gasteiger partial charge on any atom is 0.221 e. The highest BCUT2D eigenvalue weighted by atomic mass is 16.5. The van der Waals surface area contributed by atoms with Crippen molar-refractivity contribution in [2.24, 2.45) is 0 Å². The number of carbonyl (C=O) groups is 2. The first-order chi connectivity index (χ1) is 9.65. The number of carbonyl (C=O) groups excluding carboxylic acids is 2. The number of rotatable bonds is 1. The molecule has 4 nitrogen and oxygen atoms in total. The second-order valence-corrected chi connectivity index (χ2v) is 4.67. The predicted octanol–water partition coefficient (Wildman–Crippen LogP) is 2.77. The molecular weight excluding hydrogens is 254 g/mol. The summed E-state index contributed by atoms with van der Waals surface area (Å²) >= 11 is 0. The van der Waals surface area contributed by atoms with Crippen LogP contribution in [0.2, 0.25) is 0 Å². The number of fused-ring (bicyclic) bond motifs is 2. The molecule has 0 radical (unpaired) electrons. The molecule has 2 aromatic rings. The van der Waals surface area contributed by atoms with Gasteiger partial charge in [0, 0.05) is 23.7 Å². The monoisotopic (exact) mass is 267 g/mol. The smallest absolute Gasteiger partial charge is 0.221 e. The summed E-state index contributed by atoms with van der Waals surface area (Å²) in [4.78, 5) is 23.7. The average Bonchev–Trinajstić information content (AvgIpc) is 2.57. The largest absolute Gasteiger partial charge is 0.488 e. The Balaban J connectivity index is 2.08. The number of ketones is 1. The first-order valence-corrected chi connectivity index (χ1v) is 6.32. The highest BCUT2D eigenvalue weighted by Crippen LogP contribution is 2.30. The van der Waals surface area contributed by atoms with Gasteiger partial charge in [-0.25, -0.2) is 0 Å². The van der Waals surface area contributed by atoms with Crippen LogP contribution in [0.1, 0.15) is 28.4 Å². The van der Waals surface area contributed by atoms with Gasteiger partial charge in [0.15, 0.2) is 5.78 Å². The Morgan fingerprint density at radius 3 is 2.75 bits per heavy atom. The van der Waals surface area contributed by atoms with Gasteiger partial charge < -0.3 is 10.1 Å². The molecule has 1 aliphatic rings. The Morgan fingerprint density at radius 2 is 1.95 bits per heavy atom. The van der Waals surface area contributed by atoms with Crippen LogP contribution in [0.25, 0.3) is 0 Å². The third kappa shape index (κ3) is 2.16. The molecule has 0 saturated heterocycles. The van der Waals surface area contributed by atoms with E-state index >= 15 is 0 Å². The van der Waals surface area contributed by atoms with Crippen LogP contribution in [0.5, 0.6) is 5.75 Å². The fraction of sp³-hybridized carbons (Fsp3) is 0.125. The topological polar surface area (TPSA) is 55.4 Å². The summed E-state index contributed by atoms with van der Waals surface area (Å²) in [5.74, 6) is 0.285. The third-order valence-corrected chi connectivity index (χ3v) is 3.19. The van der Waals surface area contributed by atoms with Crippen molar-refractivity contribution in [1.29, 1.82) is 0 Å². The molecule has 1 aliphatic heterocycles. The van der Waals surface area contributed by atoms with Crippen LogP contribution >= 0.6 is 0 Å². The van der Waals surface area contributed by atoms with E-state index in [9.17, 15) is 9.59 Å². The van der Waals surface area contributed by atoms with Crippen molar-refractivity contribution in [2.75, 3.05) is 5.32 Å². The SMILES string of the molecule is CC(=O)Nc1ccc2c(c1)C(=O)c1ccccc1CO2. The molecule has 1 amide bonds. The summed E-state index contributed by atoms with van der Waals surface area (Å²) in [5, 5.41) is 2.67. The zero-order valence-corrected chi connectivity index (χ0v) is 11.0. The normalized spacial score (nSPS) is 12.8. The molecule has 0 spiro atoms. The first kappa shape index (κ1) is 12.4. The van der Waals surface area contributed by atoms with E-state index in [0.29, 0.717) is 29.2 Å². The lowest BCUT2D eigenvalue weighted by Gasteiger charge is -2.08. The van der Waals surface area contributed by atoms with E-state index in [0.717, 1.165) is 5.56 Å². The number of benzene rings is 2. The number of nitrogens with one attached hydrogen (secondary N) is 1. The van der Waals surface area contributed by atoms with Crippen LogP contribution in [-0.2, 0) is 11.4 Å². The van der Waals surface area contributed by atoms with Gasteiger partial charge in [-0.2, -0.15) is 0 Å². The molecule has 4 heteroatoms. The number of hydrogen-bond donors (Lipinski definition) is 1. The third-order valence-electron chi connectivity index (χ3n) is 3.19. The number of hydrogen-bond acceptors (Lipinski definition) is 3. The highest BCUT2D eigenvalue weighted by Gasteiger charge is 2.22. The Bertz CT molecular complexity index is 707. The van der Waals surface area contributed by atoms with Crippen LogP contribution in [0.3, 0.4) is 0 Å². The number of amides is 1. The molecular formula is C16H13NO3. The molecule has 0 aromatic heterocycles. The van der Waals surface area contributed by atoms with Crippen LogP contribution in [-0.4, -0.2) is 11.7 Å². The Morgan fingerprint density at radius 1 is 1.15 bits per heavy atom. The van der Waals surface area contributed by atoms with Crippen molar-refractivity contribution in [2.45, 2.75) is 13.5 Å². The van der Waals surface area contributed by atoms with Gasteiger partial charge >= 0.3 is 0 Å². The maximum atomic E-state index is 12.6. The molecule has 1 heterocycles. The van der Waals surface area contributed by atoms with Crippen molar-refractivity contribution >= 4 is 17.4 Å². The number of anilines is 1. The second-order valence-electron chi connectivity index (χ2n) is 4.67. The molecule has 0 fully saturated rings. The minimum atomic E-state index is -0.174. The fourth-order valence-corrected chi connectivity index (χ4v) is 2.28. The standard InChI is InChI=1S/C16H13NO3/c1-10(18)17-12-6-7-15-14(8-12)16(19)13-5-3-2-4-11(13)9-20-15/h2-8H,9H2,1H3,(H,17,18). The van der Waals surface area contributed by atoms with E-state index in [1.807, 2.05) is 18.2 Å². The Kier molecular flexibility index (Phi) is 2.99. The average molecular weight is 267 g/mol. The Hall–Kier alpha value is -2.62. The van der Waals surface area contributed by atoms with Gasteiger partial charge in [-0.3, -0.25) is 9.59 Å². The molecule has 0 bridgehead atoms. The lowest BCUT2D eigenvalue weighted by Crippen LogP contribution is -2.08. The molecule has 0 atom stereocenters. The van der Waals surface area contributed by atoms with Crippen molar-refractivity contribution in [3.63, 3.8) is 0 Å². The Labute approximate surface area is 116 Å². The van der Waals surface area contributed by atoms with E-state index in [4.69, 9.17) is 4.74 Å². The van der Waals surface area contributed by atoms with E-state index < -0.39 is 0 Å². The van der Waals surface area contributed by atoms with E-state index in [1.165, 1.54) is 6.92 Å². The van der Waals surface area contributed by atoms with Gasteiger partial charge in [-0.05, 0) is 18.2 Å². The summed E-state index contributed by atoms with van der Waals surface area (Å²) in [6, 6.07) is 12.5. The summed E-state index contributed by atoms with van der Waals surface area (Å²) < 4.78 is 5.67. The van der Waals surface area contributed by atoms with E-state index in [-0.39, 0.29) is 11.7 Å². The molecule has 0 unspecified atom stereocenters. The van der Waals surface area contributed by atoms with Gasteiger partial charge in [0.2, 0.25) is 5.91 Å². The van der Waals surface area contributed by atoms with Crippen LogP contribution in [0.4, 0.5) is 5.69 Å². The minimum absolute atomic E-state index is 0.0831. The number of ether oxygens (including phenoxy) is 1. The summed E-state index contributed by atoms with van der Waals surface area (Å²) in [6.45, 7) is 1.80. The van der Waals surface area contributed by atoms with Crippen LogP contribution in [0, 0.1) is 0 Å². The molecule has 0 saturated carbocycles. The summed E-state index contributed by atoms with van der Waals surface area (Å²) in [6.07, 6.45) is 0. The zero-order chi connectivity index (χ0) is 14.1. The van der Waals surface area contributed by atoms with Crippen molar-refractivity contribution in [3.05, 3.63) is 59.2 Å².